The predicted octanol–water partition coefficient (Wildman–Crippen LogP) is 2.41. The highest BCUT2D eigenvalue weighted by Crippen LogP contribution is 2.43. The summed E-state index contributed by atoms with van der Waals surface area (Å²) in [6.07, 6.45) is -32.2. The second kappa shape index (κ2) is 42.0. The van der Waals surface area contributed by atoms with E-state index in [1.165, 1.54) is 156 Å². The number of hydrogen-bond acceptors (Lipinski definition) is 35. The number of aromatic nitrogens is 3. The van der Waals surface area contributed by atoms with E-state index in [1.54, 1.807) is 42.6 Å². The minimum absolute atomic E-state index is 0.0211. The van der Waals surface area contributed by atoms with Crippen molar-refractivity contribution in [1.82, 2.24) is 15.0 Å². The van der Waals surface area contributed by atoms with Crippen LogP contribution >= 0.6 is 0 Å². The van der Waals surface area contributed by atoms with Gasteiger partial charge in [0.1, 0.15) is 165 Å². The number of rotatable bonds is 29. The summed E-state index contributed by atoms with van der Waals surface area (Å²) in [5, 5.41) is 30.6. The summed E-state index contributed by atoms with van der Waals surface area (Å²) in [5.74, 6) is 5.22. The first-order chi connectivity index (χ1) is 55.4. The number of aromatic carboxylic acids is 1. The number of methoxy groups -OCH3 is 17. The molecule has 4 aromatic rings. The number of hydrogen-bond donors (Lipinski definition) is 1. The molecular weight excluding hydrogens is 1510 g/mol. The van der Waals surface area contributed by atoms with Crippen molar-refractivity contribution >= 4 is 11.7 Å². The quantitative estimate of drug-likeness (QED) is 0.0463. The molecule has 38 nitrogen and oxygen atoms in total. The maximum Gasteiger partial charge on any atom is 0.335 e. The van der Waals surface area contributed by atoms with Crippen LogP contribution in [0.2, 0.25) is 0 Å². The second-order valence-corrected chi connectivity index (χ2v) is 27.5. The highest BCUT2D eigenvalue weighted by atomic mass is 16.8. The Labute approximate surface area is 660 Å². The molecule has 26 rings (SSSR count). The standard InChI is InChI=1S/C76H106N4O34/c1-85-32-46-52-58(90-6)64(96-12)71(103-46)110-53-47(33-86-2)105-73(66(98-14)59(53)91-7)112-55-49(35-88-4)107-75(68(100-16)61(55)93-9)114-57-51(37-102-45-30-43(80(83)84)29-24-40(45)23-20-38-18-21-39(22-19-38)44-31-79(78-77-44)42-27-25-41(26-28-42)70(81)82)108-76(69(101-17)63(57)95-11)113-56-50(36-89-5)106-74(67(99-15)62(56)94-10)111-54-48(34-87-3)104-72(109-52)65(97-13)60(54)92-8/h18-19,21-22,24-31,46-69,71-76H,32-37H2,1-17H3,(H,81,82). The zero-order chi connectivity index (χ0) is 81.4. The van der Waals surface area contributed by atoms with Gasteiger partial charge in [0.15, 0.2) is 37.7 Å². The first-order valence-electron chi connectivity index (χ1n) is 36.9. The molecule has 0 saturated carbocycles. The molecule has 38 heteroatoms. The Morgan fingerprint density at radius 1 is 0.404 bits per heavy atom. The van der Waals surface area contributed by atoms with Crippen LogP contribution in [-0.4, -0.2) is 376 Å². The smallest absolute Gasteiger partial charge is 0.335 e. The van der Waals surface area contributed by atoms with Gasteiger partial charge in [0.2, 0.25) is 0 Å². The monoisotopic (exact) mass is 1620 g/mol. The Bertz CT molecular complexity index is 3680. The third-order valence-corrected chi connectivity index (χ3v) is 21.2. The number of ether oxygens (including phenoxy) is 30. The zero-order valence-electron chi connectivity index (χ0n) is 66.7. The van der Waals surface area contributed by atoms with Crippen LogP contribution < -0.4 is 4.74 Å². The number of carbonyl (C=O) groups is 1. The van der Waals surface area contributed by atoms with Crippen LogP contribution in [0.4, 0.5) is 5.69 Å². The number of carboxylic acid groups (broad SMARTS) is 1. The fourth-order valence-electron chi connectivity index (χ4n) is 15.7. The van der Waals surface area contributed by atoms with Crippen molar-refractivity contribution in [2.24, 2.45) is 0 Å². The molecule has 22 aliphatic heterocycles. The summed E-state index contributed by atoms with van der Waals surface area (Å²) in [5.41, 5.74) is 2.44. The van der Waals surface area contributed by atoms with Crippen molar-refractivity contribution in [2.45, 2.75) is 184 Å². The van der Waals surface area contributed by atoms with Gasteiger partial charge < -0.3 is 147 Å². The van der Waals surface area contributed by atoms with Crippen LogP contribution in [0.5, 0.6) is 5.75 Å². The Morgan fingerprint density at radius 3 is 0.991 bits per heavy atom. The topological polar surface area (TPSA) is 388 Å². The Kier molecular flexibility index (Phi) is 32.7. The molecule has 0 amide bonds. The molecule has 22 aliphatic rings. The molecule has 12 bridgehead atoms. The maximum atomic E-state index is 12.7. The number of nitrogens with zero attached hydrogens (tertiary/aromatic N) is 4. The molecule has 23 heterocycles. The van der Waals surface area contributed by atoms with Gasteiger partial charge in [-0.25, -0.2) is 9.48 Å². The summed E-state index contributed by atoms with van der Waals surface area (Å²) >= 11 is 0. The molecule has 0 radical (unpaired) electrons. The number of carboxylic acids is 1. The molecule has 114 heavy (non-hydrogen) atoms. The molecule has 634 valence electrons. The van der Waals surface area contributed by atoms with Crippen molar-refractivity contribution in [3.63, 3.8) is 0 Å². The number of non-ortho nitro benzene ring substituents is 1. The van der Waals surface area contributed by atoms with E-state index in [1.807, 2.05) is 0 Å². The first kappa shape index (κ1) is 88.7. The van der Waals surface area contributed by atoms with Gasteiger partial charge in [-0.1, -0.05) is 29.2 Å². The lowest BCUT2D eigenvalue weighted by Gasteiger charge is -2.53. The summed E-state index contributed by atoms with van der Waals surface area (Å²) < 4.78 is 198. The van der Waals surface area contributed by atoms with E-state index < -0.39 is 202 Å². The van der Waals surface area contributed by atoms with Gasteiger partial charge in [0.05, 0.1) is 67.0 Å². The third kappa shape index (κ3) is 19.4. The summed E-state index contributed by atoms with van der Waals surface area (Å²) in [6, 6.07) is 17.4. The van der Waals surface area contributed by atoms with Gasteiger partial charge in [-0.05, 0) is 42.5 Å². The van der Waals surface area contributed by atoms with Gasteiger partial charge in [0.25, 0.3) is 5.69 Å². The molecule has 1 aromatic heterocycles. The van der Waals surface area contributed by atoms with E-state index in [4.69, 9.17) is 142 Å². The molecule has 30 atom stereocenters. The molecule has 22 fully saturated rings. The molecule has 3 aromatic carbocycles. The SMILES string of the molecule is COCC1OC2OC3C(COC)OC(OC4C(COC)OC(OC5C(COc6cc([N+](=O)[O-])ccc6C#Cc6ccc(-c7cn(-c8ccc(C(=O)O)cc8)nn7)cc6)OC(OC6C(COC)OC(OC7C(COC)OC(OC1C(OC)C2OC)C(OC)C7OC)C(OC)C6OC)C(OC)C5OC)C(OC)C4OC)C(OC)C3OC. The Morgan fingerprint density at radius 2 is 0.711 bits per heavy atom. The fourth-order valence-corrected chi connectivity index (χ4v) is 15.7. The Hall–Kier alpha value is -6.13. The maximum absolute atomic E-state index is 12.7. The molecule has 0 aliphatic carbocycles. The highest BCUT2D eigenvalue weighted by molar-refractivity contribution is 5.87. The van der Waals surface area contributed by atoms with Crippen LogP contribution in [0.15, 0.2) is 72.9 Å². The van der Waals surface area contributed by atoms with Crippen molar-refractivity contribution in [1.29, 1.82) is 0 Å². The zero-order valence-corrected chi connectivity index (χ0v) is 66.7. The van der Waals surface area contributed by atoms with Crippen LogP contribution in [0.3, 0.4) is 0 Å². The van der Waals surface area contributed by atoms with Crippen molar-refractivity contribution in [2.75, 3.05) is 161 Å². The minimum atomic E-state index is -1.45. The van der Waals surface area contributed by atoms with Crippen molar-refractivity contribution in [3.05, 3.63) is 99.7 Å². The normalized spacial score (nSPS) is 36.7. The van der Waals surface area contributed by atoms with Crippen molar-refractivity contribution < 1.29 is 157 Å². The van der Waals surface area contributed by atoms with Gasteiger partial charge >= 0.3 is 5.97 Å². The molecular formula is C76H106N4O34. The van der Waals surface area contributed by atoms with Crippen molar-refractivity contribution in [3.8, 4) is 34.5 Å². The van der Waals surface area contributed by atoms with E-state index in [-0.39, 0.29) is 55.6 Å². The summed E-state index contributed by atoms with van der Waals surface area (Å²) in [6.45, 7) is -0.926. The van der Waals surface area contributed by atoms with Crippen LogP contribution in [0.1, 0.15) is 21.5 Å². The van der Waals surface area contributed by atoms with Gasteiger partial charge in [-0.15, -0.1) is 5.10 Å². The lowest BCUT2D eigenvalue weighted by molar-refractivity contribution is -0.409. The lowest BCUT2D eigenvalue weighted by Crippen LogP contribution is -2.70. The minimum Gasteiger partial charge on any atom is -0.489 e. The average Bonchev–Trinajstić information content (AvgIpc) is 0.763. The van der Waals surface area contributed by atoms with Gasteiger partial charge in [-0.3, -0.25) is 10.1 Å². The summed E-state index contributed by atoms with van der Waals surface area (Å²) in [4.78, 5) is 23.6. The molecule has 22 saturated heterocycles. The fraction of sp³-hybridized carbons (Fsp3) is 0.697. The molecule has 0 spiro atoms. The van der Waals surface area contributed by atoms with E-state index in [0.29, 0.717) is 22.5 Å². The van der Waals surface area contributed by atoms with E-state index in [2.05, 4.69) is 22.2 Å². The Balaban J connectivity index is 0.987. The van der Waals surface area contributed by atoms with Crippen LogP contribution in [0.25, 0.3) is 16.9 Å². The second-order valence-electron chi connectivity index (χ2n) is 27.5. The number of nitro benzene ring substituents is 1. The molecule has 30 unspecified atom stereocenters. The van der Waals surface area contributed by atoms with Crippen LogP contribution in [-0.2, 0) is 137 Å². The predicted molar refractivity (Wildman–Crippen MR) is 388 cm³/mol. The van der Waals surface area contributed by atoms with E-state index in [0.717, 1.165) is 0 Å². The first-order valence-corrected chi connectivity index (χ1v) is 36.9. The lowest BCUT2D eigenvalue weighted by atomic mass is 9.94. The van der Waals surface area contributed by atoms with Gasteiger partial charge in [0, 0.05) is 138 Å². The van der Waals surface area contributed by atoms with Crippen LogP contribution in [0, 0.1) is 22.0 Å². The number of nitro groups is 1. The average molecular weight is 1620 g/mol. The largest absolute Gasteiger partial charge is 0.489 e. The van der Waals surface area contributed by atoms with E-state index in [9.17, 15) is 20.0 Å². The van der Waals surface area contributed by atoms with E-state index >= 15 is 0 Å². The van der Waals surface area contributed by atoms with Gasteiger partial charge in [-0.2, -0.15) is 0 Å². The third-order valence-electron chi connectivity index (χ3n) is 21.2. The molecule has 1 N–H and O–H groups in total. The number of benzene rings is 3. The highest BCUT2D eigenvalue weighted by Gasteiger charge is 2.61. The summed E-state index contributed by atoms with van der Waals surface area (Å²) in [7, 11) is 25.1.